The summed E-state index contributed by atoms with van der Waals surface area (Å²) in [7, 11) is 3.34. The number of aldehydes is 1. The molecule has 0 bridgehead atoms. The molecule has 0 saturated carbocycles. The molecule has 0 atom stereocenters. The Kier molecular flexibility index (Phi) is 4.34. The fourth-order valence-corrected chi connectivity index (χ4v) is 1.51. The molecule has 1 heterocycles. The second kappa shape index (κ2) is 5.39. The van der Waals surface area contributed by atoms with Gasteiger partial charge in [0.15, 0.2) is 6.29 Å². The van der Waals surface area contributed by atoms with E-state index >= 15 is 0 Å². The zero-order chi connectivity index (χ0) is 13.9. The molecule has 0 aliphatic rings. The third kappa shape index (κ3) is 3.46. The van der Waals surface area contributed by atoms with Crippen LogP contribution in [0.3, 0.4) is 0 Å². The number of rotatable bonds is 3. The topological polar surface area (TPSA) is 33.2 Å². The molecule has 0 aliphatic heterocycles. The van der Waals surface area contributed by atoms with Gasteiger partial charge in [0.1, 0.15) is 0 Å². The van der Waals surface area contributed by atoms with Gasteiger partial charge in [-0.1, -0.05) is 11.6 Å². The number of halogens is 4. The number of allylic oxidation sites excluding steroid dienone is 1. The molecule has 0 unspecified atom stereocenters. The molecule has 1 rings (SSSR count). The van der Waals surface area contributed by atoms with Crippen molar-refractivity contribution in [3.63, 3.8) is 0 Å². The van der Waals surface area contributed by atoms with Gasteiger partial charge in [0.05, 0.1) is 21.9 Å². The van der Waals surface area contributed by atoms with Gasteiger partial charge in [-0.15, -0.1) is 0 Å². The van der Waals surface area contributed by atoms with Crippen molar-refractivity contribution in [1.29, 1.82) is 0 Å². The van der Waals surface area contributed by atoms with Gasteiger partial charge in [-0.05, 0) is 6.07 Å². The van der Waals surface area contributed by atoms with E-state index in [0.717, 1.165) is 6.07 Å². The Morgan fingerprint density at radius 1 is 1.44 bits per heavy atom. The second-order valence-electron chi connectivity index (χ2n) is 3.72. The number of aromatic nitrogens is 1. The molecule has 98 valence electrons. The zero-order valence-corrected chi connectivity index (χ0v) is 10.4. The van der Waals surface area contributed by atoms with Crippen LogP contribution < -0.4 is 0 Å². The first-order valence-corrected chi connectivity index (χ1v) is 5.20. The lowest BCUT2D eigenvalue weighted by atomic mass is 10.1. The average Bonchev–Trinajstić information content (AvgIpc) is 2.24. The molecule has 0 N–H and O–H groups in total. The minimum Gasteiger partial charge on any atom is -0.383 e. The quantitative estimate of drug-likeness (QED) is 0.630. The highest BCUT2D eigenvalue weighted by atomic mass is 35.5. The van der Waals surface area contributed by atoms with Crippen LogP contribution >= 0.6 is 11.6 Å². The van der Waals surface area contributed by atoms with E-state index in [4.69, 9.17) is 11.6 Å². The third-order valence-corrected chi connectivity index (χ3v) is 2.25. The van der Waals surface area contributed by atoms with E-state index in [1.807, 2.05) is 0 Å². The van der Waals surface area contributed by atoms with Crippen molar-refractivity contribution in [3.05, 3.63) is 34.7 Å². The van der Waals surface area contributed by atoms with Crippen LogP contribution in [-0.2, 0) is 11.0 Å². The minimum absolute atomic E-state index is 0.0216. The maximum atomic E-state index is 12.4. The van der Waals surface area contributed by atoms with Crippen LogP contribution in [0.4, 0.5) is 13.2 Å². The molecule has 0 aromatic carbocycles. The van der Waals surface area contributed by atoms with Gasteiger partial charge in [0.25, 0.3) is 0 Å². The summed E-state index contributed by atoms with van der Waals surface area (Å²) in [5.74, 6) is 0. The van der Waals surface area contributed by atoms with Crippen LogP contribution in [0.2, 0.25) is 5.02 Å². The molecule has 0 aliphatic carbocycles. The van der Waals surface area contributed by atoms with E-state index in [2.05, 4.69) is 4.98 Å². The molecule has 7 heteroatoms. The van der Waals surface area contributed by atoms with E-state index < -0.39 is 11.7 Å². The number of alkyl halides is 3. The SMILES string of the molecule is CN(C)C=C(C=O)c1ncc(C(F)(F)F)cc1Cl. The minimum atomic E-state index is -4.51. The van der Waals surface area contributed by atoms with Crippen molar-refractivity contribution >= 4 is 23.5 Å². The highest BCUT2D eigenvalue weighted by Gasteiger charge is 2.31. The molecule has 3 nitrogen and oxygen atoms in total. The van der Waals surface area contributed by atoms with Gasteiger partial charge < -0.3 is 4.90 Å². The summed E-state index contributed by atoms with van der Waals surface area (Å²) in [6.45, 7) is 0. The maximum absolute atomic E-state index is 12.4. The van der Waals surface area contributed by atoms with Gasteiger partial charge in [-0.25, -0.2) is 0 Å². The summed E-state index contributed by atoms with van der Waals surface area (Å²) in [6.07, 6.45) is -1.95. The van der Waals surface area contributed by atoms with Crippen molar-refractivity contribution in [2.45, 2.75) is 6.18 Å². The monoisotopic (exact) mass is 278 g/mol. The second-order valence-corrected chi connectivity index (χ2v) is 4.13. The summed E-state index contributed by atoms with van der Waals surface area (Å²) in [4.78, 5) is 16.0. The van der Waals surface area contributed by atoms with Crippen LogP contribution in [0, 0.1) is 0 Å². The lowest BCUT2D eigenvalue weighted by Gasteiger charge is -2.10. The van der Waals surface area contributed by atoms with E-state index in [-0.39, 0.29) is 16.3 Å². The number of carbonyl (C=O) groups excluding carboxylic acids is 1. The summed E-state index contributed by atoms with van der Waals surface area (Å²) in [5.41, 5.74) is -0.821. The number of pyridine rings is 1. The summed E-state index contributed by atoms with van der Waals surface area (Å²) >= 11 is 5.71. The first kappa shape index (κ1) is 14.5. The Morgan fingerprint density at radius 3 is 2.44 bits per heavy atom. The van der Waals surface area contributed by atoms with Crippen molar-refractivity contribution < 1.29 is 18.0 Å². The lowest BCUT2D eigenvalue weighted by molar-refractivity contribution is -0.137. The van der Waals surface area contributed by atoms with Crippen LogP contribution in [0.5, 0.6) is 0 Å². The number of hydrogen-bond donors (Lipinski definition) is 0. The van der Waals surface area contributed by atoms with Crippen LogP contribution in [0.25, 0.3) is 5.57 Å². The Morgan fingerprint density at radius 2 is 2.06 bits per heavy atom. The Labute approximate surface area is 107 Å². The normalized spacial score (nSPS) is 12.4. The average molecular weight is 279 g/mol. The van der Waals surface area contributed by atoms with Crippen molar-refractivity contribution in [2.75, 3.05) is 14.1 Å². The van der Waals surface area contributed by atoms with Crippen molar-refractivity contribution in [1.82, 2.24) is 9.88 Å². The Hall–Kier alpha value is -1.56. The maximum Gasteiger partial charge on any atom is 0.417 e. The van der Waals surface area contributed by atoms with Gasteiger partial charge in [-0.2, -0.15) is 13.2 Å². The van der Waals surface area contributed by atoms with E-state index in [0.29, 0.717) is 12.5 Å². The molecular weight excluding hydrogens is 269 g/mol. The fraction of sp³-hybridized carbons (Fsp3) is 0.273. The Balaban J connectivity index is 3.24. The lowest BCUT2D eigenvalue weighted by Crippen LogP contribution is -2.08. The van der Waals surface area contributed by atoms with Crippen molar-refractivity contribution in [2.24, 2.45) is 0 Å². The molecule has 0 saturated heterocycles. The molecule has 0 amide bonds. The third-order valence-electron chi connectivity index (χ3n) is 1.97. The molecule has 1 aromatic heterocycles. The Bertz CT molecular complexity index is 484. The van der Waals surface area contributed by atoms with Crippen molar-refractivity contribution in [3.8, 4) is 0 Å². The van der Waals surface area contributed by atoms with Gasteiger partial charge >= 0.3 is 6.18 Å². The van der Waals surface area contributed by atoms with E-state index in [1.165, 1.54) is 6.20 Å². The highest BCUT2D eigenvalue weighted by Crippen LogP contribution is 2.32. The number of nitrogens with zero attached hydrogens (tertiary/aromatic N) is 2. The predicted molar refractivity (Wildman–Crippen MR) is 62.0 cm³/mol. The molecule has 0 spiro atoms. The molecule has 0 fully saturated rings. The first-order valence-electron chi connectivity index (χ1n) is 4.82. The molecular formula is C11H10ClF3N2O. The largest absolute Gasteiger partial charge is 0.417 e. The van der Waals surface area contributed by atoms with Gasteiger partial charge in [0.2, 0.25) is 0 Å². The predicted octanol–water partition coefficient (Wildman–Crippen LogP) is 2.86. The van der Waals surface area contributed by atoms with Crippen LogP contribution in [0.1, 0.15) is 11.3 Å². The summed E-state index contributed by atoms with van der Waals surface area (Å²) in [6, 6.07) is 0.747. The first-order chi connectivity index (χ1) is 8.25. The standard InChI is InChI=1S/C11H10ClF3N2O/c1-17(2)5-7(6-18)10-9(12)3-8(4-16-10)11(13,14)15/h3-6H,1-2H3. The zero-order valence-electron chi connectivity index (χ0n) is 9.62. The number of carbonyl (C=O) groups is 1. The smallest absolute Gasteiger partial charge is 0.383 e. The van der Waals surface area contributed by atoms with E-state index in [1.54, 1.807) is 19.0 Å². The summed E-state index contributed by atoms with van der Waals surface area (Å²) < 4.78 is 37.2. The highest BCUT2D eigenvalue weighted by molar-refractivity contribution is 6.33. The molecule has 18 heavy (non-hydrogen) atoms. The molecule has 1 aromatic rings. The van der Waals surface area contributed by atoms with Gasteiger partial charge in [0, 0.05) is 26.5 Å². The van der Waals surface area contributed by atoms with E-state index in [9.17, 15) is 18.0 Å². The van der Waals surface area contributed by atoms with Gasteiger partial charge in [-0.3, -0.25) is 9.78 Å². The fourth-order valence-electron chi connectivity index (χ4n) is 1.23. The van der Waals surface area contributed by atoms with Crippen LogP contribution in [0.15, 0.2) is 18.5 Å². The van der Waals surface area contributed by atoms with Crippen LogP contribution in [-0.4, -0.2) is 30.3 Å². The molecule has 0 radical (unpaired) electrons. The number of hydrogen-bond acceptors (Lipinski definition) is 3. The summed E-state index contributed by atoms with van der Waals surface area (Å²) in [5, 5.41) is -0.218.